The maximum Gasteiger partial charge on any atom is 0.258 e. The van der Waals surface area contributed by atoms with Gasteiger partial charge in [0.1, 0.15) is 5.82 Å². The monoisotopic (exact) mass is 398 g/mol. The summed E-state index contributed by atoms with van der Waals surface area (Å²) in [7, 11) is 0. The standard InChI is InChI=1S/C18H15ClN6OS/c1-10(15-21-14-5-3-2-4-13(14)17(26)22-15)27-18-24-23-16(25(18)20)11-6-8-12(19)9-7-11/h2-10H,20H2,1H3,(H,21,22,26). The average molecular weight is 399 g/mol. The predicted molar refractivity (Wildman–Crippen MR) is 107 cm³/mol. The van der Waals surface area contributed by atoms with Crippen molar-refractivity contribution in [2.24, 2.45) is 0 Å². The number of benzene rings is 2. The van der Waals surface area contributed by atoms with Crippen molar-refractivity contribution >= 4 is 34.3 Å². The van der Waals surface area contributed by atoms with Gasteiger partial charge in [-0.25, -0.2) is 9.66 Å². The minimum Gasteiger partial charge on any atom is -0.335 e. The summed E-state index contributed by atoms with van der Waals surface area (Å²) >= 11 is 7.29. The molecule has 0 bridgehead atoms. The summed E-state index contributed by atoms with van der Waals surface area (Å²) in [4.78, 5) is 19.6. The van der Waals surface area contributed by atoms with Gasteiger partial charge in [0.15, 0.2) is 5.82 Å². The maximum atomic E-state index is 12.3. The first-order valence-electron chi connectivity index (χ1n) is 8.15. The van der Waals surface area contributed by atoms with E-state index in [0.717, 1.165) is 5.56 Å². The van der Waals surface area contributed by atoms with Gasteiger partial charge in [-0.1, -0.05) is 35.5 Å². The number of fused-ring (bicyclic) bond motifs is 1. The fourth-order valence-electron chi connectivity index (χ4n) is 2.66. The van der Waals surface area contributed by atoms with Crippen molar-refractivity contribution in [1.29, 1.82) is 0 Å². The van der Waals surface area contributed by atoms with Gasteiger partial charge in [-0.3, -0.25) is 4.79 Å². The van der Waals surface area contributed by atoms with Crippen LogP contribution in [0.25, 0.3) is 22.3 Å². The molecular formula is C18H15ClN6OS. The Labute approximate surface area is 163 Å². The zero-order chi connectivity index (χ0) is 19.0. The third kappa shape index (κ3) is 3.41. The van der Waals surface area contributed by atoms with Crippen LogP contribution in [-0.4, -0.2) is 24.8 Å². The average Bonchev–Trinajstić information content (AvgIpc) is 3.03. The van der Waals surface area contributed by atoms with Crippen molar-refractivity contribution in [3.05, 3.63) is 69.7 Å². The van der Waals surface area contributed by atoms with Gasteiger partial charge in [0.2, 0.25) is 5.16 Å². The van der Waals surface area contributed by atoms with Crippen LogP contribution in [0.2, 0.25) is 5.02 Å². The van der Waals surface area contributed by atoms with Crippen molar-refractivity contribution in [3.8, 4) is 11.4 Å². The van der Waals surface area contributed by atoms with Gasteiger partial charge in [0.25, 0.3) is 5.56 Å². The number of nitrogen functional groups attached to an aromatic ring is 1. The van der Waals surface area contributed by atoms with Gasteiger partial charge in [0, 0.05) is 10.6 Å². The van der Waals surface area contributed by atoms with E-state index in [1.54, 1.807) is 18.2 Å². The number of aromatic amines is 1. The fraction of sp³-hybridized carbons (Fsp3) is 0.111. The van der Waals surface area contributed by atoms with Gasteiger partial charge in [0.05, 0.1) is 16.2 Å². The van der Waals surface area contributed by atoms with Gasteiger partial charge < -0.3 is 10.8 Å². The van der Waals surface area contributed by atoms with Crippen molar-refractivity contribution in [2.45, 2.75) is 17.3 Å². The molecule has 0 aliphatic heterocycles. The van der Waals surface area contributed by atoms with Crippen LogP contribution in [0, 0.1) is 0 Å². The molecule has 2 aromatic heterocycles. The van der Waals surface area contributed by atoms with E-state index in [4.69, 9.17) is 17.4 Å². The minimum atomic E-state index is -0.174. The Morgan fingerprint density at radius 1 is 1.15 bits per heavy atom. The van der Waals surface area contributed by atoms with Crippen LogP contribution < -0.4 is 11.4 Å². The van der Waals surface area contributed by atoms with Crippen LogP contribution in [0.4, 0.5) is 0 Å². The number of hydrogen-bond donors (Lipinski definition) is 2. The number of thioether (sulfide) groups is 1. The van der Waals surface area contributed by atoms with Gasteiger partial charge in [-0.15, -0.1) is 10.2 Å². The Hall–Kier alpha value is -2.84. The van der Waals surface area contributed by atoms with Crippen LogP contribution >= 0.6 is 23.4 Å². The number of hydrogen-bond acceptors (Lipinski definition) is 6. The molecule has 0 amide bonds. The Morgan fingerprint density at radius 2 is 1.89 bits per heavy atom. The molecule has 136 valence electrons. The molecule has 1 atom stereocenters. The summed E-state index contributed by atoms with van der Waals surface area (Å²) < 4.78 is 1.42. The Balaban J connectivity index is 1.63. The summed E-state index contributed by atoms with van der Waals surface area (Å²) in [6.07, 6.45) is 0. The molecule has 3 N–H and O–H groups in total. The molecule has 27 heavy (non-hydrogen) atoms. The second kappa shape index (κ2) is 7.05. The number of nitrogens with one attached hydrogen (secondary N) is 1. The molecule has 2 aromatic carbocycles. The SMILES string of the molecule is CC(Sc1nnc(-c2ccc(Cl)cc2)n1N)c1nc2ccccc2c(=O)[nH]1. The van der Waals surface area contributed by atoms with Crippen LogP contribution in [0.5, 0.6) is 0 Å². The zero-order valence-corrected chi connectivity index (χ0v) is 15.8. The van der Waals surface area contributed by atoms with Crippen molar-refractivity contribution < 1.29 is 0 Å². The molecular weight excluding hydrogens is 384 g/mol. The molecule has 9 heteroatoms. The van der Waals surface area contributed by atoms with E-state index >= 15 is 0 Å². The minimum absolute atomic E-state index is 0.167. The van der Waals surface area contributed by atoms with E-state index in [9.17, 15) is 4.79 Å². The topological polar surface area (TPSA) is 102 Å². The molecule has 2 heterocycles. The van der Waals surface area contributed by atoms with E-state index in [1.165, 1.54) is 16.4 Å². The molecule has 0 saturated carbocycles. The molecule has 1 unspecified atom stereocenters. The molecule has 0 saturated heterocycles. The largest absolute Gasteiger partial charge is 0.335 e. The zero-order valence-electron chi connectivity index (χ0n) is 14.3. The lowest BCUT2D eigenvalue weighted by Crippen LogP contribution is -2.14. The molecule has 0 aliphatic rings. The molecule has 0 aliphatic carbocycles. The molecule has 4 aromatic rings. The van der Waals surface area contributed by atoms with E-state index in [1.807, 2.05) is 37.3 Å². The molecule has 0 radical (unpaired) electrons. The first kappa shape index (κ1) is 17.6. The van der Waals surface area contributed by atoms with Crippen LogP contribution in [-0.2, 0) is 0 Å². The van der Waals surface area contributed by atoms with Gasteiger partial charge >= 0.3 is 0 Å². The Kier molecular flexibility index (Phi) is 4.59. The number of nitrogens with zero attached hydrogens (tertiary/aromatic N) is 4. The normalized spacial score (nSPS) is 12.4. The van der Waals surface area contributed by atoms with Gasteiger partial charge in [-0.05, 0) is 43.3 Å². The van der Waals surface area contributed by atoms with Crippen LogP contribution in [0.1, 0.15) is 18.0 Å². The summed E-state index contributed by atoms with van der Waals surface area (Å²) in [5.74, 6) is 7.25. The molecule has 4 rings (SSSR count). The summed E-state index contributed by atoms with van der Waals surface area (Å²) in [6.45, 7) is 1.92. The maximum absolute atomic E-state index is 12.3. The predicted octanol–water partition coefficient (Wildman–Crippen LogP) is 3.40. The lowest BCUT2D eigenvalue weighted by Gasteiger charge is -2.10. The highest BCUT2D eigenvalue weighted by atomic mass is 35.5. The van der Waals surface area contributed by atoms with Crippen molar-refractivity contribution in [3.63, 3.8) is 0 Å². The number of rotatable bonds is 4. The number of halogens is 1. The first-order valence-corrected chi connectivity index (χ1v) is 9.41. The fourth-order valence-corrected chi connectivity index (χ4v) is 3.62. The highest BCUT2D eigenvalue weighted by molar-refractivity contribution is 7.99. The van der Waals surface area contributed by atoms with Crippen molar-refractivity contribution in [2.75, 3.05) is 5.84 Å². The van der Waals surface area contributed by atoms with Crippen LogP contribution in [0.3, 0.4) is 0 Å². The summed E-state index contributed by atoms with van der Waals surface area (Å²) in [5.41, 5.74) is 1.30. The second-order valence-corrected chi connectivity index (χ2v) is 7.66. The highest BCUT2D eigenvalue weighted by Crippen LogP contribution is 2.33. The summed E-state index contributed by atoms with van der Waals surface area (Å²) in [6, 6.07) is 14.4. The number of H-pyrrole nitrogens is 1. The van der Waals surface area contributed by atoms with E-state index in [-0.39, 0.29) is 10.8 Å². The highest BCUT2D eigenvalue weighted by Gasteiger charge is 2.18. The Bertz CT molecular complexity index is 1170. The quantitative estimate of drug-likeness (QED) is 0.403. The number of para-hydroxylation sites is 1. The molecule has 0 spiro atoms. The van der Waals surface area contributed by atoms with E-state index in [0.29, 0.717) is 32.7 Å². The molecule has 0 fully saturated rings. The number of aromatic nitrogens is 5. The third-order valence-electron chi connectivity index (χ3n) is 4.07. The number of nitrogens with two attached hydrogens (primary N) is 1. The lowest BCUT2D eigenvalue weighted by atomic mass is 10.2. The Morgan fingerprint density at radius 3 is 2.67 bits per heavy atom. The van der Waals surface area contributed by atoms with E-state index in [2.05, 4.69) is 20.2 Å². The first-order chi connectivity index (χ1) is 13.0. The van der Waals surface area contributed by atoms with Gasteiger partial charge in [-0.2, -0.15) is 0 Å². The van der Waals surface area contributed by atoms with Crippen LogP contribution in [0.15, 0.2) is 58.5 Å². The third-order valence-corrected chi connectivity index (χ3v) is 5.38. The lowest BCUT2D eigenvalue weighted by molar-refractivity contribution is 0.835. The smallest absolute Gasteiger partial charge is 0.258 e. The van der Waals surface area contributed by atoms with Crippen molar-refractivity contribution in [1.82, 2.24) is 24.8 Å². The van der Waals surface area contributed by atoms with E-state index < -0.39 is 0 Å². The second-order valence-electron chi connectivity index (χ2n) is 5.91. The molecule has 7 nitrogen and oxygen atoms in total. The summed E-state index contributed by atoms with van der Waals surface area (Å²) in [5, 5.41) is 9.86.